The lowest BCUT2D eigenvalue weighted by Gasteiger charge is -2.29. The molecular weight excluding hydrogens is 404 g/mol. The van der Waals surface area contributed by atoms with Gasteiger partial charge in [0.15, 0.2) is 0 Å². The zero-order valence-corrected chi connectivity index (χ0v) is 15.9. The molecule has 3 N–H and O–H groups in total. The number of ether oxygens (including phenoxy) is 2. The fraction of sp³-hybridized carbons (Fsp3) is 0.611. The highest BCUT2D eigenvalue weighted by Gasteiger charge is 2.42. The molecule has 1 aromatic carbocycles. The highest BCUT2D eigenvalue weighted by atomic mass is 35.5. The van der Waals surface area contributed by atoms with E-state index in [1.807, 2.05) is 0 Å². The Balaban J connectivity index is 1.92. The lowest BCUT2D eigenvalue weighted by atomic mass is 9.86. The molecule has 1 unspecified atom stereocenters. The van der Waals surface area contributed by atoms with Crippen molar-refractivity contribution in [3.8, 4) is 5.75 Å². The summed E-state index contributed by atoms with van der Waals surface area (Å²) in [4.78, 5) is 11.2. The molecule has 1 fully saturated rings. The Morgan fingerprint density at radius 3 is 2.54 bits per heavy atom. The van der Waals surface area contributed by atoms with Crippen molar-refractivity contribution in [1.82, 2.24) is 5.32 Å². The maximum Gasteiger partial charge on any atom is 0.490 e. The van der Waals surface area contributed by atoms with E-state index in [2.05, 4.69) is 10.1 Å². The number of alkyl halides is 3. The van der Waals surface area contributed by atoms with Crippen molar-refractivity contribution < 1.29 is 31.8 Å². The fourth-order valence-corrected chi connectivity index (χ4v) is 3.13. The predicted molar refractivity (Wildman–Crippen MR) is 95.6 cm³/mol. The quantitative estimate of drug-likeness (QED) is 0.492. The van der Waals surface area contributed by atoms with Crippen LogP contribution in [0.15, 0.2) is 18.2 Å². The highest BCUT2D eigenvalue weighted by Crippen LogP contribution is 2.24. The van der Waals surface area contributed by atoms with Gasteiger partial charge in [0.05, 0.1) is 5.02 Å². The molecular formula is C18H23ClF4N2O3. The van der Waals surface area contributed by atoms with Gasteiger partial charge in [-0.05, 0) is 50.3 Å². The van der Waals surface area contributed by atoms with E-state index in [9.17, 15) is 22.4 Å². The summed E-state index contributed by atoms with van der Waals surface area (Å²) in [6.45, 7) is 0.230. The van der Waals surface area contributed by atoms with Crippen LogP contribution < -0.4 is 15.8 Å². The summed E-state index contributed by atoms with van der Waals surface area (Å²) in [5.74, 6) is -2.49. The second kappa shape index (κ2) is 10.3. The molecule has 1 aliphatic carbocycles. The lowest BCUT2D eigenvalue weighted by Crippen LogP contribution is -2.43. The third-order valence-electron chi connectivity index (χ3n) is 4.65. The van der Waals surface area contributed by atoms with Crippen molar-refractivity contribution >= 4 is 17.6 Å². The van der Waals surface area contributed by atoms with E-state index in [-0.39, 0.29) is 30.0 Å². The van der Waals surface area contributed by atoms with E-state index in [1.54, 1.807) is 0 Å². The van der Waals surface area contributed by atoms with Crippen LogP contribution in [-0.4, -0.2) is 44.0 Å². The van der Waals surface area contributed by atoms with Crippen molar-refractivity contribution in [2.24, 2.45) is 11.7 Å². The van der Waals surface area contributed by atoms with Gasteiger partial charge in [-0.25, -0.2) is 9.18 Å². The van der Waals surface area contributed by atoms with Crippen molar-refractivity contribution in [3.63, 3.8) is 0 Å². The maximum absolute atomic E-state index is 13.5. The number of benzene rings is 1. The minimum Gasteiger partial charge on any atom is -0.490 e. The Kier molecular flexibility index (Phi) is 8.33. The number of nitrogens with two attached hydrogens (primary N) is 1. The van der Waals surface area contributed by atoms with E-state index >= 15 is 0 Å². The first kappa shape index (κ1) is 22.7. The lowest BCUT2D eigenvalue weighted by molar-refractivity contribution is -0.205. The van der Waals surface area contributed by atoms with Gasteiger partial charge in [-0.15, -0.1) is 0 Å². The molecule has 2 rings (SSSR count). The van der Waals surface area contributed by atoms with Crippen molar-refractivity contribution in [1.29, 1.82) is 0 Å². The van der Waals surface area contributed by atoms with Crippen LogP contribution in [0, 0.1) is 11.7 Å². The molecule has 1 aliphatic rings. The number of rotatable bonds is 8. The number of nitrogens with one attached hydrogen (secondary N) is 1. The maximum atomic E-state index is 13.5. The Morgan fingerprint density at radius 1 is 1.29 bits per heavy atom. The van der Waals surface area contributed by atoms with Gasteiger partial charge in [0.25, 0.3) is 0 Å². The summed E-state index contributed by atoms with van der Waals surface area (Å²) < 4.78 is 60.9. The standard InChI is InChI=1S/C18H23ClF4N2O3/c19-15-6-5-13(7-16(15)20)27-10-14(28-17(26)18(21,22)23)9-25-12-3-1-11(8-24)2-4-12/h5-7,11-12,14,25H,1-4,8-10,24H2. The summed E-state index contributed by atoms with van der Waals surface area (Å²) in [7, 11) is 0. The summed E-state index contributed by atoms with van der Waals surface area (Å²) in [6.07, 6.45) is -2.76. The average Bonchev–Trinajstić information content (AvgIpc) is 2.66. The Hall–Kier alpha value is -1.58. The van der Waals surface area contributed by atoms with Crippen molar-refractivity contribution in [2.75, 3.05) is 19.7 Å². The van der Waals surface area contributed by atoms with E-state index < -0.39 is 24.1 Å². The van der Waals surface area contributed by atoms with Crippen LogP contribution in [0.2, 0.25) is 5.02 Å². The predicted octanol–water partition coefficient (Wildman–Crippen LogP) is 3.44. The van der Waals surface area contributed by atoms with Gasteiger partial charge in [0, 0.05) is 18.7 Å². The van der Waals surface area contributed by atoms with E-state index in [4.69, 9.17) is 22.1 Å². The Morgan fingerprint density at radius 2 is 1.96 bits per heavy atom. The first-order valence-corrected chi connectivity index (χ1v) is 9.36. The summed E-state index contributed by atoms with van der Waals surface area (Å²) in [5.41, 5.74) is 5.65. The SMILES string of the molecule is NCC1CCC(NCC(COc2ccc(Cl)c(F)c2)OC(=O)C(F)(F)F)CC1. The van der Waals surface area contributed by atoms with Gasteiger partial charge < -0.3 is 20.5 Å². The highest BCUT2D eigenvalue weighted by molar-refractivity contribution is 6.30. The molecule has 0 aromatic heterocycles. The number of carbonyl (C=O) groups excluding carboxylic acids is 1. The molecule has 10 heteroatoms. The first-order chi connectivity index (χ1) is 13.2. The zero-order chi connectivity index (χ0) is 20.7. The normalized spacial score (nSPS) is 21.2. The van der Waals surface area contributed by atoms with E-state index in [1.165, 1.54) is 12.1 Å². The average molecular weight is 427 g/mol. The molecule has 158 valence electrons. The fourth-order valence-electron chi connectivity index (χ4n) is 3.01. The van der Waals surface area contributed by atoms with Crippen LogP contribution in [0.5, 0.6) is 5.75 Å². The number of halogens is 5. The number of esters is 1. The van der Waals surface area contributed by atoms with E-state index in [0.717, 1.165) is 31.7 Å². The van der Waals surface area contributed by atoms with Crippen LogP contribution >= 0.6 is 11.6 Å². The Labute approximate surface area is 165 Å². The summed E-state index contributed by atoms with van der Waals surface area (Å²) in [6, 6.07) is 3.74. The molecule has 0 bridgehead atoms. The third-order valence-corrected chi connectivity index (χ3v) is 4.95. The second-order valence-electron chi connectivity index (χ2n) is 6.77. The number of hydrogen-bond acceptors (Lipinski definition) is 5. The smallest absolute Gasteiger partial charge is 0.490 e. The van der Waals surface area contributed by atoms with Gasteiger partial charge in [-0.3, -0.25) is 0 Å². The zero-order valence-electron chi connectivity index (χ0n) is 15.1. The summed E-state index contributed by atoms with van der Waals surface area (Å²) >= 11 is 5.58. The molecule has 28 heavy (non-hydrogen) atoms. The molecule has 0 saturated heterocycles. The largest absolute Gasteiger partial charge is 0.490 e. The van der Waals surface area contributed by atoms with E-state index in [0.29, 0.717) is 12.5 Å². The van der Waals surface area contributed by atoms with Gasteiger partial charge in [0.1, 0.15) is 24.3 Å². The van der Waals surface area contributed by atoms with Crippen molar-refractivity contribution in [3.05, 3.63) is 29.0 Å². The molecule has 1 saturated carbocycles. The molecule has 5 nitrogen and oxygen atoms in total. The van der Waals surface area contributed by atoms with Crippen molar-refractivity contribution in [2.45, 2.75) is 44.0 Å². The van der Waals surface area contributed by atoms with Crippen LogP contribution in [0.1, 0.15) is 25.7 Å². The topological polar surface area (TPSA) is 73.6 Å². The Bertz CT molecular complexity index is 652. The van der Waals surface area contributed by atoms with Gasteiger partial charge >= 0.3 is 12.1 Å². The molecule has 0 heterocycles. The monoisotopic (exact) mass is 426 g/mol. The number of carbonyl (C=O) groups is 1. The molecule has 0 amide bonds. The van der Waals surface area contributed by atoms with Gasteiger partial charge in [0.2, 0.25) is 0 Å². The first-order valence-electron chi connectivity index (χ1n) is 8.98. The molecule has 1 atom stereocenters. The molecule has 1 aromatic rings. The van der Waals surface area contributed by atoms with Gasteiger partial charge in [-0.1, -0.05) is 11.6 Å². The molecule has 0 spiro atoms. The van der Waals surface area contributed by atoms with Gasteiger partial charge in [-0.2, -0.15) is 13.2 Å². The third kappa shape index (κ3) is 7.10. The molecule has 0 radical (unpaired) electrons. The minimum absolute atomic E-state index is 0.0180. The number of hydrogen-bond donors (Lipinski definition) is 2. The molecule has 0 aliphatic heterocycles. The van der Waals surface area contributed by atoms with Crippen LogP contribution in [-0.2, 0) is 9.53 Å². The second-order valence-corrected chi connectivity index (χ2v) is 7.18. The van der Waals surface area contributed by atoms with Crippen LogP contribution in [0.4, 0.5) is 17.6 Å². The summed E-state index contributed by atoms with van der Waals surface area (Å²) in [5, 5.41) is 3.01. The van der Waals surface area contributed by atoms with Crippen LogP contribution in [0.25, 0.3) is 0 Å². The van der Waals surface area contributed by atoms with Crippen LogP contribution in [0.3, 0.4) is 0 Å². The minimum atomic E-state index is -5.11.